The number of carbonyl (C=O) groups is 2. The molecule has 3 N–H and O–H groups in total. The quantitative estimate of drug-likeness (QED) is 0.743. The lowest BCUT2D eigenvalue weighted by Crippen LogP contribution is -2.62. The molecule has 120 valence electrons. The SMILES string of the molecule is CC1(C)CC(NC(=O)C2CCCC2C(=O)O)CC(C)(C)N1. The first-order valence-electron chi connectivity index (χ1n) is 7.92. The van der Waals surface area contributed by atoms with Gasteiger partial charge in [-0.15, -0.1) is 0 Å². The molecule has 2 unspecified atom stereocenters. The second kappa shape index (κ2) is 5.59. The minimum atomic E-state index is -0.835. The molecule has 21 heavy (non-hydrogen) atoms. The van der Waals surface area contributed by atoms with Gasteiger partial charge in [0.05, 0.1) is 11.8 Å². The summed E-state index contributed by atoms with van der Waals surface area (Å²) in [6.45, 7) is 8.57. The van der Waals surface area contributed by atoms with Crippen LogP contribution in [-0.2, 0) is 9.59 Å². The van der Waals surface area contributed by atoms with Crippen molar-refractivity contribution in [2.75, 3.05) is 0 Å². The molecule has 1 saturated heterocycles. The van der Waals surface area contributed by atoms with E-state index in [-0.39, 0.29) is 28.9 Å². The maximum atomic E-state index is 12.5. The van der Waals surface area contributed by atoms with Gasteiger partial charge >= 0.3 is 5.97 Å². The van der Waals surface area contributed by atoms with Gasteiger partial charge in [-0.1, -0.05) is 6.42 Å². The molecule has 1 saturated carbocycles. The molecular formula is C16H28N2O3. The van der Waals surface area contributed by atoms with Crippen molar-refractivity contribution in [1.29, 1.82) is 0 Å². The minimum Gasteiger partial charge on any atom is -0.481 e. The van der Waals surface area contributed by atoms with Gasteiger partial charge in [0, 0.05) is 17.1 Å². The topological polar surface area (TPSA) is 78.4 Å². The fraction of sp³-hybridized carbons (Fsp3) is 0.875. The molecule has 0 aromatic heterocycles. The molecule has 1 amide bonds. The smallest absolute Gasteiger partial charge is 0.307 e. The fourth-order valence-electron chi connectivity index (χ4n) is 4.30. The maximum Gasteiger partial charge on any atom is 0.307 e. The summed E-state index contributed by atoms with van der Waals surface area (Å²) in [5.41, 5.74) is -0.0524. The first-order chi connectivity index (χ1) is 9.60. The number of amides is 1. The Morgan fingerprint density at radius 3 is 2.10 bits per heavy atom. The van der Waals surface area contributed by atoms with Gasteiger partial charge in [-0.05, 0) is 53.4 Å². The van der Waals surface area contributed by atoms with Gasteiger partial charge < -0.3 is 15.7 Å². The lowest BCUT2D eigenvalue weighted by atomic mass is 9.79. The number of carboxylic acid groups (broad SMARTS) is 1. The van der Waals surface area contributed by atoms with Crippen LogP contribution >= 0.6 is 0 Å². The summed E-state index contributed by atoms with van der Waals surface area (Å²) in [6.07, 6.45) is 3.88. The Morgan fingerprint density at radius 2 is 1.57 bits per heavy atom. The third-order valence-corrected chi connectivity index (χ3v) is 4.71. The number of aliphatic carboxylic acids is 1. The summed E-state index contributed by atoms with van der Waals surface area (Å²) < 4.78 is 0. The van der Waals surface area contributed by atoms with Crippen molar-refractivity contribution in [3.8, 4) is 0 Å². The van der Waals surface area contributed by atoms with E-state index in [1.54, 1.807) is 0 Å². The van der Waals surface area contributed by atoms with Gasteiger partial charge in [0.15, 0.2) is 0 Å². The highest BCUT2D eigenvalue weighted by Gasteiger charge is 2.41. The Morgan fingerprint density at radius 1 is 1.05 bits per heavy atom. The van der Waals surface area contributed by atoms with Gasteiger partial charge in [-0.2, -0.15) is 0 Å². The van der Waals surface area contributed by atoms with E-state index in [2.05, 4.69) is 38.3 Å². The zero-order valence-corrected chi connectivity index (χ0v) is 13.5. The van der Waals surface area contributed by atoms with Crippen LogP contribution in [0.1, 0.15) is 59.8 Å². The molecule has 2 aliphatic rings. The molecule has 5 heteroatoms. The number of hydrogen-bond acceptors (Lipinski definition) is 3. The van der Waals surface area contributed by atoms with Crippen molar-refractivity contribution in [2.45, 2.75) is 76.9 Å². The van der Waals surface area contributed by atoms with Gasteiger partial charge in [-0.25, -0.2) is 0 Å². The van der Waals surface area contributed by atoms with Crippen molar-refractivity contribution in [3.63, 3.8) is 0 Å². The highest BCUT2D eigenvalue weighted by Crippen LogP contribution is 2.33. The summed E-state index contributed by atoms with van der Waals surface area (Å²) in [4.78, 5) is 23.7. The van der Waals surface area contributed by atoms with E-state index in [9.17, 15) is 14.7 Å². The van der Waals surface area contributed by atoms with E-state index < -0.39 is 11.9 Å². The summed E-state index contributed by atoms with van der Waals surface area (Å²) >= 11 is 0. The van der Waals surface area contributed by atoms with E-state index in [1.807, 2.05) is 0 Å². The zero-order valence-electron chi connectivity index (χ0n) is 13.5. The van der Waals surface area contributed by atoms with Crippen LogP contribution in [0, 0.1) is 11.8 Å². The maximum absolute atomic E-state index is 12.5. The minimum absolute atomic E-state index is 0.0262. The molecule has 0 bridgehead atoms. The average molecular weight is 296 g/mol. The summed E-state index contributed by atoms with van der Waals surface area (Å²) in [6, 6.07) is 0.110. The van der Waals surface area contributed by atoms with Crippen LogP contribution in [0.2, 0.25) is 0 Å². The molecule has 2 atom stereocenters. The van der Waals surface area contributed by atoms with Gasteiger partial charge in [0.25, 0.3) is 0 Å². The highest BCUT2D eigenvalue weighted by atomic mass is 16.4. The standard InChI is InChI=1S/C16H28N2O3/c1-15(2)8-10(9-16(3,4)18-15)17-13(19)11-6-5-7-12(11)14(20)21/h10-12,18H,5-9H2,1-4H3,(H,17,19)(H,20,21). The normalized spacial score (nSPS) is 31.8. The number of carbonyl (C=O) groups excluding carboxylic acids is 1. The van der Waals surface area contributed by atoms with E-state index in [1.165, 1.54) is 0 Å². The van der Waals surface area contributed by atoms with Crippen LogP contribution in [0.3, 0.4) is 0 Å². The van der Waals surface area contributed by atoms with Gasteiger partial charge in [-0.3, -0.25) is 9.59 Å². The Labute approximate surface area is 126 Å². The number of rotatable bonds is 3. The van der Waals surface area contributed by atoms with E-state index in [0.29, 0.717) is 12.8 Å². The zero-order chi connectivity index (χ0) is 15.8. The lowest BCUT2D eigenvalue weighted by Gasteiger charge is -2.46. The van der Waals surface area contributed by atoms with E-state index >= 15 is 0 Å². The van der Waals surface area contributed by atoms with Gasteiger partial charge in [0.1, 0.15) is 0 Å². The van der Waals surface area contributed by atoms with Crippen molar-refractivity contribution >= 4 is 11.9 Å². The van der Waals surface area contributed by atoms with Crippen LogP contribution in [0.25, 0.3) is 0 Å². The van der Waals surface area contributed by atoms with Crippen LogP contribution in [-0.4, -0.2) is 34.1 Å². The summed E-state index contributed by atoms with van der Waals surface area (Å²) in [5, 5.41) is 15.9. The van der Waals surface area contributed by atoms with Crippen LogP contribution in [0.5, 0.6) is 0 Å². The molecular weight excluding hydrogens is 268 g/mol. The predicted molar refractivity (Wildman–Crippen MR) is 80.9 cm³/mol. The predicted octanol–water partition coefficient (Wildman–Crippen LogP) is 1.91. The van der Waals surface area contributed by atoms with Crippen molar-refractivity contribution in [1.82, 2.24) is 10.6 Å². The first kappa shape index (κ1) is 16.3. The number of piperidine rings is 1. The molecule has 0 radical (unpaired) electrons. The number of nitrogens with one attached hydrogen (secondary N) is 2. The average Bonchev–Trinajstić information content (AvgIpc) is 2.72. The Hall–Kier alpha value is -1.10. The summed E-state index contributed by atoms with van der Waals surface area (Å²) in [5.74, 6) is -1.77. The fourth-order valence-corrected chi connectivity index (χ4v) is 4.30. The molecule has 1 heterocycles. The van der Waals surface area contributed by atoms with Crippen LogP contribution < -0.4 is 10.6 Å². The molecule has 2 fully saturated rings. The monoisotopic (exact) mass is 296 g/mol. The first-order valence-corrected chi connectivity index (χ1v) is 7.92. The van der Waals surface area contributed by atoms with Crippen molar-refractivity contribution in [3.05, 3.63) is 0 Å². The number of carboxylic acids is 1. The number of hydrogen-bond donors (Lipinski definition) is 3. The summed E-state index contributed by atoms with van der Waals surface area (Å²) in [7, 11) is 0. The Kier molecular flexibility index (Phi) is 4.34. The lowest BCUT2D eigenvalue weighted by molar-refractivity contribution is -0.146. The third-order valence-electron chi connectivity index (χ3n) is 4.71. The van der Waals surface area contributed by atoms with Gasteiger partial charge in [0.2, 0.25) is 5.91 Å². The van der Waals surface area contributed by atoms with E-state index in [0.717, 1.165) is 19.3 Å². The molecule has 2 rings (SSSR count). The Balaban J connectivity index is 2.00. The van der Waals surface area contributed by atoms with E-state index in [4.69, 9.17) is 0 Å². The second-order valence-electron chi connectivity index (χ2n) is 7.99. The molecule has 0 spiro atoms. The largest absolute Gasteiger partial charge is 0.481 e. The highest BCUT2D eigenvalue weighted by molar-refractivity contribution is 5.85. The van der Waals surface area contributed by atoms with Crippen molar-refractivity contribution < 1.29 is 14.7 Å². The third kappa shape index (κ3) is 3.96. The molecule has 1 aliphatic heterocycles. The molecule has 5 nitrogen and oxygen atoms in total. The molecule has 0 aromatic rings. The molecule has 0 aromatic carbocycles. The second-order valence-corrected chi connectivity index (χ2v) is 7.99. The molecule has 1 aliphatic carbocycles. The van der Waals surface area contributed by atoms with Crippen LogP contribution in [0.15, 0.2) is 0 Å². The van der Waals surface area contributed by atoms with Crippen molar-refractivity contribution in [2.24, 2.45) is 11.8 Å². The Bertz CT molecular complexity index is 415. The van der Waals surface area contributed by atoms with Crippen LogP contribution in [0.4, 0.5) is 0 Å².